The zero-order chi connectivity index (χ0) is 61.5. The summed E-state index contributed by atoms with van der Waals surface area (Å²) in [7, 11) is 9.67. The number of nitrogens with zero attached hydrogens (tertiary/aromatic N) is 8. The molecule has 462 valence electrons. The molecule has 4 atom stereocenters. The summed E-state index contributed by atoms with van der Waals surface area (Å²) in [5, 5.41) is 113. The third-order valence-electron chi connectivity index (χ3n) is 13.9. The van der Waals surface area contributed by atoms with E-state index in [1.807, 2.05) is 0 Å². The van der Waals surface area contributed by atoms with Crippen molar-refractivity contribution in [3.8, 4) is 0 Å². The van der Waals surface area contributed by atoms with Crippen molar-refractivity contribution in [2.75, 3.05) is 26.2 Å². The summed E-state index contributed by atoms with van der Waals surface area (Å²) in [5.74, 6) is 0. The maximum absolute atomic E-state index is 11.0. The number of halogens is 2. The van der Waals surface area contributed by atoms with Crippen LogP contribution in [-0.4, -0.2) is 115 Å². The van der Waals surface area contributed by atoms with Crippen LogP contribution in [0.1, 0.15) is 126 Å². The Bertz CT molecular complexity index is 2420. The van der Waals surface area contributed by atoms with Gasteiger partial charge in [0.15, 0.2) is 0 Å². The van der Waals surface area contributed by atoms with E-state index in [0.29, 0.717) is 69.2 Å². The van der Waals surface area contributed by atoms with Gasteiger partial charge < -0.3 is 63.0 Å². The third-order valence-corrected chi connectivity index (χ3v) is 13.9. The van der Waals surface area contributed by atoms with E-state index >= 15 is 0 Å². The third kappa shape index (κ3) is 22.2. The van der Waals surface area contributed by atoms with Crippen molar-refractivity contribution >= 4 is 64.9 Å². The van der Waals surface area contributed by atoms with E-state index in [4.69, 9.17) is 19.4 Å². The van der Waals surface area contributed by atoms with Crippen molar-refractivity contribution in [1.82, 2.24) is 21.3 Å². The van der Waals surface area contributed by atoms with Crippen molar-refractivity contribution < 1.29 is 55.3 Å². The molecule has 4 unspecified atom stereocenters. The van der Waals surface area contributed by atoms with E-state index in [2.05, 4.69) is 97.9 Å². The second-order valence-corrected chi connectivity index (χ2v) is 24.2. The van der Waals surface area contributed by atoms with Crippen LogP contribution in [0.5, 0.6) is 0 Å². The van der Waals surface area contributed by atoms with Gasteiger partial charge in [0.05, 0.1) is 68.4 Å². The summed E-state index contributed by atoms with van der Waals surface area (Å²) in [5.41, 5.74) is 7.97. The van der Waals surface area contributed by atoms with Gasteiger partial charge >= 0.3 is 34.5 Å². The molecule has 4 heterocycles. The molecule has 0 fully saturated rings. The van der Waals surface area contributed by atoms with Crippen molar-refractivity contribution in [2.24, 2.45) is 0 Å². The van der Waals surface area contributed by atoms with E-state index in [-0.39, 0.29) is 88.5 Å². The van der Waals surface area contributed by atoms with Gasteiger partial charge in [-0.05, 0) is 76.1 Å². The Morgan fingerprint density at radius 3 is 0.747 bits per heavy atom. The number of hydrogen-bond donors (Lipinski definition) is 8. The van der Waals surface area contributed by atoms with Gasteiger partial charge in [0.25, 0.3) is 22.7 Å². The van der Waals surface area contributed by atoms with Crippen molar-refractivity contribution in [3.05, 3.63) is 155 Å². The number of hydrogen-bond acceptors (Lipinski definition) is 16. The van der Waals surface area contributed by atoms with Crippen molar-refractivity contribution in [1.29, 1.82) is 0 Å². The van der Waals surface area contributed by atoms with E-state index in [0.717, 1.165) is 99.8 Å². The molecule has 4 aliphatic rings. The quantitative estimate of drug-likeness (QED) is 0.0231. The van der Waals surface area contributed by atoms with Crippen LogP contribution in [0, 0.1) is 40.5 Å². The standard InChI is InChI=1S/4C14H20N3O3.2ClH.Rh/c4*1-9(2)15-7-12-4-3-10-5-11(8-18)14(17(19)20)6-13(10)16-12;;;/h4*5-6,9,12,15,18H,3-4,7-8H2,1-2H3;2*1H;/q4*-1;;;+3/p-2. The van der Waals surface area contributed by atoms with E-state index < -0.39 is 19.7 Å². The fourth-order valence-corrected chi connectivity index (χ4v) is 9.57. The minimum absolute atomic E-state index is 0.0486. The first kappa shape index (κ1) is 70.1. The van der Waals surface area contributed by atoms with Crippen LogP contribution in [0.15, 0.2) is 48.5 Å². The summed E-state index contributed by atoms with van der Waals surface area (Å²) >= 11 is -0.226. The zero-order valence-corrected chi connectivity index (χ0v) is 51.4. The van der Waals surface area contributed by atoms with Gasteiger partial charge in [0, 0.05) is 48.4 Å². The van der Waals surface area contributed by atoms with E-state index in [1.54, 1.807) is 24.3 Å². The summed E-state index contributed by atoms with van der Waals surface area (Å²) in [6.45, 7) is 18.5. The summed E-state index contributed by atoms with van der Waals surface area (Å²) in [4.78, 5) is 42.2. The van der Waals surface area contributed by atoms with Crippen LogP contribution >= 0.6 is 19.4 Å². The Morgan fingerprint density at radius 2 is 0.602 bits per heavy atom. The van der Waals surface area contributed by atoms with E-state index in [1.165, 1.54) is 24.3 Å². The molecule has 0 saturated heterocycles. The molecule has 83 heavy (non-hydrogen) atoms. The fourth-order valence-electron chi connectivity index (χ4n) is 9.57. The first-order valence-electron chi connectivity index (χ1n) is 27.7. The summed E-state index contributed by atoms with van der Waals surface area (Å²) in [6, 6.07) is 15.0. The predicted octanol–water partition coefficient (Wildman–Crippen LogP) is 11.0. The summed E-state index contributed by atoms with van der Waals surface area (Å²) < 4.78 is 0. The molecule has 0 saturated carbocycles. The van der Waals surface area contributed by atoms with Crippen LogP contribution in [-0.2, 0) is 67.3 Å². The van der Waals surface area contributed by atoms with Crippen molar-refractivity contribution in [3.63, 3.8) is 0 Å². The molecule has 8 rings (SSSR count). The molecule has 0 bridgehead atoms. The number of aliphatic hydroxyl groups is 4. The van der Waals surface area contributed by atoms with Crippen LogP contribution in [0.2, 0.25) is 0 Å². The van der Waals surface area contributed by atoms with Crippen LogP contribution in [0.25, 0.3) is 21.3 Å². The molecule has 4 aromatic rings. The summed E-state index contributed by atoms with van der Waals surface area (Å²) in [6.07, 6.45) is 7.07. The van der Waals surface area contributed by atoms with Gasteiger partial charge in [-0.3, -0.25) is 40.5 Å². The zero-order valence-electron chi connectivity index (χ0n) is 48.3. The van der Waals surface area contributed by atoms with Gasteiger partial charge in [0.1, 0.15) is 0 Å². The first-order chi connectivity index (χ1) is 39.4. The molecule has 0 aliphatic carbocycles. The van der Waals surface area contributed by atoms with Crippen LogP contribution in [0.3, 0.4) is 0 Å². The Balaban J connectivity index is 0.000000234. The minimum atomic E-state index is -0.461. The number of rotatable bonds is 20. The molecule has 27 heteroatoms. The second-order valence-electron chi connectivity index (χ2n) is 21.7. The molecule has 0 aromatic heterocycles. The van der Waals surface area contributed by atoms with Crippen LogP contribution in [0.4, 0.5) is 45.5 Å². The molecule has 4 aliphatic heterocycles. The Hall–Kier alpha value is -5.44. The molecular formula is C56H80Cl2N12O12Rh-3. The van der Waals surface area contributed by atoms with Crippen molar-refractivity contribution in [2.45, 2.75) is 182 Å². The second kappa shape index (κ2) is 35.1. The number of aliphatic hydroxyl groups excluding tert-OH is 4. The monoisotopic (exact) mass is 1290 g/mol. The molecule has 0 radical (unpaired) electrons. The number of nitrogens with one attached hydrogen (secondary N) is 4. The van der Waals surface area contributed by atoms with Gasteiger partial charge in [-0.15, -0.1) is 46.9 Å². The number of nitro groups is 4. The predicted molar refractivity (Wildman–Crippen MR) is 321 cm³/mol. The normalized spacial score (nSPS) is 17.3. The maximum atomic E-state index is 11.0. The van der Waals surface area contributed by atoms with Gasteiger partial charge in [0.2, 0.25) is 0 Å². The van der Waals surface area contributed by atoms with Gasteiger partial charge in [-0.2, -0.15) is 0 Å². The SMILES string of the molecule is CC(C)NCC1CCc2cc(CO)c([N+](=O)[O-])cc2[N-]1.CC(C)NCC1CCc2cc(CO)c([N+](=O)[O-])cc2[N-]1.CC(C)NCC1CCc2cc(CO)c([N+](=O)[O-])cc2[N-]1.CC(C)NCC1CCc2cc(CO)c([N+](=O)[O-])cc2[N-]1.[Cl][Rh+][Cl]. The molecule has 0 amide bonds. The number of nitro benzene ring substituents is 4. The topological polar surface area (TPSA) is 358 Å². The van der Waals surface area contributed by atoms with E-state index in [9.17, 15) is 60.9 Å². The average Bonchev–Trinajstić information content (AvgIpc) is 3.50. The molecule has 8 N–H and O–H groups in total. The van der Waals surface area contributed by atoms with Gasteiger partial charge in [-0.1, -0.05) is 103 Å². The average molecular weight is 1290 g/mol. The first-order valence-corrected chi connectivity index (χ1v) is 31.9. The Kier molecular flexibility index (Phi) is 29.6. The fraction of sp³-hybridized carbons (Fsp3) is 0.571. The molecule has 4 aromatic carbocycles. The molecular weight excluding hydrogens is 1210 g/mol. The number of benzene rings is 4. The van der Waals surface area contributed by atoms with Gasteiger partial charge in [-0.25, -0.2) is 0 Å². The van der Waals surface area contributed by atoms with Crippen LogP contribution < -0.4 is 21.3 Å². The Labute approximate surface area is 501 Å². The molecule has 24 nitrogen and oxygen atoms in total. The Morgan fingerprint density at radius 1 is 0.422 bits per heavy atom. The number of aryl methyl sites for hydroxylation is 4. The molecule has 0 spiro atoms. The number of fused-ring (bicyclic) bond motifs is 4.